The summed E-state index contributed by atoms with van der Waals surface area (Å²) in [5, 5.41) is 4.32. The van der Waals surface area contributed by atoms with E-state index in [4.69, 9.17) is 16.3 Å². The Bertz CT molecular complexity index is 779. The molecule has 2 rings (SSSR count). The molecule has 1 heterocycles. The summed E-state index contributed by atoms with van der Waals surface area (Å²) in [6.07, 6.45) is 0.800. The van der Waals surface area contributed by atoms with Crippen molar-refractivity contribution in [1.29, 1.82) is 0 Å². The molecule has 1 amide bonds. The second-order valence-electron chi connectivity index (χ2n) is 5.14. The highest BCUT2D eigenvalue weighted by Gasteiger charge is 2.13. The van der Waals surface area contributed by atoms with Crippen LogP contribution in [0.25, 0.3) is 10.9 Å². The minimum absolute atomic E-state index is 0.110. The standard InChI is InChI=1S/C16H20ClN3O3S/c1-3-7-20-15(22)12-5-4-11(17)9-13(12)19-16(20)24-10-14(21)18-6-8-23-2/h4-5,9H,3,6-8,10H2,1-2H3,(H,18,21). The van der Waals surface area contributed by atoms with Crippen molar-refractivity contribution < 1.29 is 9.53 Å². The number of hydrogen-bond donors (Lipinski definition) is 1. The van der Waals surface area contributed by atoms with Crippen molar-refractivity contribution in [2.45, 2.75) is 25.0 Å². The Morgan fingerprint density at radius 2 is 2.25 bits per heavy atom. The first-order chi connectivity index (χ1) is 11.6. The lowest BCUT2D eigenvalue weighted by Gasteiger charge is -2.12. The van der Waals surface area contributed by atoms with Crippen LogP contribution in [0.4, 0.5) is 0 Å². The van der Waals surface area contributed by atoms with E-state index in [9.17, 15) is 9.59 Å². The fourth-order valence-electron chi connectivity index (χ4n) is 2.18. The monoisotopic (exact) mass is 369 g/mol. The van der Waals surface area contributed by atoms with Crippen LogP contribution in [0.3, 0.4) is 0 Å². The molecule has 0 atom stereocenters. The van der Waals surface area contributed by atoms with Crippen LogP contribution in [0.1, 0.15) is 13.3 Å². The SMILES string of the molecule is CCCn1c(SCC(=O)NCCOC)nc2cc(Cl)ccc2c1=O. The highest BCUT2D eigenvalue weighted by atomic mass is 35.5. The lowest BCUT2D eigenvalue weighted by molar-refractivity contribution is -0.118. The van der Waals surface area contributed by atoms with Crippen molar-refractivity contribution in [2.75, 3.05) is 26.0 Å². The number of amides is 1. The van der Waals surface area contributed by atoms with Gasteiger partial charge in [0, 0.05) is 25.2 Å². The van der Waals surface area contributed by atoms with Gasteiger partial charge in [0.25, 0.3) is 5.56 Å². The molecule has 0 unspecified atom stereocenters. The van der Waals surface area contributed by atoms with Crippen LogP contribution in [0.5, 0.6) is 0 Å². The normalized spacial score (nSPS) is 11.0. The van der Waals surface area contributed by atoms with Gasteiger partial charge in [-0.3, -0.25) is 14.2 Å². The third-order valence-electron chi connectivity index (χ3n) is 3.29. The molecule has 1 aromatic heterocycles. The first-order valence-corrected chi connectivity index (χ1v) is 9.01. The molecular weight excluding hydrogens is 350 g/mol. The summed E-state index contributed by atoms with van der Waals surface area (Å²) >= 11 is 7.24. The van der Waals surface area contributed by atoms with E-state index in [1.54, 1.807) is 29.9 Å². The Labute approximate surface area is 149 Å². The maximum Gasteiger partial charge on any atom is 0.262 e. The molecule has 24 heavy (non-hydrogen) atoms. The topological polar surface area (TPSA) is 73.2 Å². The Morgan fingerprint density at radius 1 is 1.46 bits per heavy atom. The van der Waals surface area contributed by atoms with Gasteiger partial charge in [-0.1, -0.05) is 30.3 Å². The van der Waals surface area contributed by atoms with E-state index in [0.29, 0.717) is 40.8 Å². The molecule has 8 heteroatoms. The number of halogens is 1. The van der Waals surface area contributed by atoms with Crippen LogP contribution in [-0.4, -0.2) is 41.5 Å². The van der Waals surface area contributed by atoms with E-state index in [1.807, 2.05) is 6.92 Å². The number of thioether (sulfide) groups is 1. The number of ether oxygens (including phenoxy) is 1. The van der Waals surface area contributed by atoms with Crippen LogP contribution in [-0.2, 0) is 16.1 Å². The summed E-state index contributed by atoms with van der Waals surface area (Å²) in [6, 6.07) is 5.03. The summed E-state index contributed by atoms with van der Waals surface area (Å²) < 4.78 is 6.50. The zero-order chi connectivity index (χ0) is 17.5. The second-order valence-corrected chi connectivity index (χ2v) is 6.52. The molecule has 0 aliphatic heterocycles. The number of carbonyl (C=O) groups is 1. The van der Waals surface area contributed by atoms with Crippen LogP contribution in [0.2, 0.25) is 5.02 Å². The predicted molar refractivity (Wildman–Crippen MR) is 96.9 cm³/mol. The van der Waals surface area contributed by atoms with E-state index in [2.05, 4.69) is 10.3 Å². The average Bonchev–Trinajstić information content (AvgIpc) is 2.56. The van der Waals surface area contributed by atoms with Crippen LogP contribution >= 0.6 is 23.4 Å². The Balaban J connectivity index is 2.25. The highest BCUT2D eigenvalue weighted by molar-refractivity contribution is 7.99. The average molecular weight is 370 g/mol. The number of carbonyl (C=O) groups excluding carboxylic acids is 1. The number of nitrogens with zero attached hydrogens (tertiary/aromatic N) is 2. The summed E-state index contributed by atoms with van der Waals surface area (Å²) in [5.41, 5.74) is 0.433. The molecule has 1 N–H and O–H groups in total. The fourth-order valence-corrected chi connectivity index (χ4v) is 3.20. The van der Waals surface area contributed by atoms with Crippen LogP contribution in [0, 0.1) is 0 Å². The molecule has 0 radical (unpaired) electrons. The van der Waals surface area contributed by atoms with Crippen molar-refractivity contribution >= 4 is 40.2 Å². The Hall–Kier alpha value is -1.57. The fraction of sp³-hybridized carbons (Fsp3) is 0.438. The molecule has 130 valence electrons. The minimum Gasteiger partial charge on any atom is -0.383 e. The smallest absolute Gasteiger partial charge is 0.262 e. The lowest BCUT2D eigenvalue weighted by atomic mass is 10.2. The molecule has 0 spiro atoms. The highest BCUT2D eigenvalue weighted by Crippen LogP contribution is 2.20. The summed E-state index contributed by atoms with van der Waals surface area (Å²) in [7, 11) is 1.58. The third kappa shape index (κ3) is 4.72. The van der Waals surface area contributed by atoms with Gasteiger partial charge in [-0.05, 0) is 24.6 Å². The van der Waals surface area contributed by atoms with Crippen LogP contribution < -0.4 is 10.9 Å². The Kier molecular flexibility index (Phi) is 7.08. The number of benzene rings is 1. The van der Waals surface area contributed by atoms with Gasteiger partial charge in [0.1, 0.15) is 0 Å². The van der Waals surface area contributed by atoms with E-state index in [1.165, 1.54) is 11.8 Å². The van der Waals surface area contributed by atoms with Gasteiger partial charge in [0.05, 0.1) is 23.3 Å². The predicted octanol–water partition coefficient (Wildman–Crippen LogP) is 2.31. The van der Waals surface area contributed by atoms with Crippen molar-refractivity contribution in [3.05, 3.63) is 33.6 Å². The number of rotatable bonds is 8. The van der Waals surface area contributed by atoms with Gasteiger partial charge in [-0.25, -0.2) is 4.98 Å². The lowest BCUT2D eigenvalue weighted by Crippen LogP contribution is -2.29. The van der Waals surface area contributed by atoms with Gasteiger partial charge >= 0.3 is 0 Å². The molecule has 0 bridgehead atoms. The quantitative estimate of drug-likeness (QED) is 0.439. The summed E-state index contributed by atoms with van der Waals surface area (Å²) in [6.45, 7) is 3.46. The maximum atomic E-state index is 12.7. The number of methoxy groups -OCH3 is 1. The van der Waals surface area contributed by atoms with Crippen molar-refractivity contribution in [1.82, 2.24) is 14.9 Å². The van der Waals surface area contributed by atoms with E-state index >= 15 is 0 Å². The molecule has 0 saturated carbocycles. The van der Waals surface area contributed by atoms with Gasteiger partial charge < -0.3 is 10.1 Å². The van der Waals surface area contributed by atoms with Crippen molar-refractivity contribution in [3.63, 3.8) is 0 Å². The first-order valence-electron chi connectivity index (χ1n) is 7.65. The van der Waals surface area contributed by atoms with Crippen molar-refractivity contribution in [2.24, 2.45) is 0 Å². The van der Waals surface area contributed by atoms with Gasteiger partial charge in [0.2, 0.25) is 5.91 Å². The number of hydrogen-bond acceptors (Lipinski definition) is 5. The minimum atomic E-state index is -0.125. The second kappa shape index (κ2) is 9.05. The number of nitrogens with one attached hydrogen (secondary N) is 1. The first kappa shape index (κ1) is 18.8. The largest absolute Gasteiger partial charge is 0.383 e. The van der Waals surface area contributed by atoms with Gasteiger partial charge in [-0.2, -0.15) is 0 Å². The van der Waals surface area contributed by atoms with E-state index in [-0.39, 0.29) is 17.2 Å². The van der Waals surface area contributed by atoms with Gasteiger partial charge in [0.15, 0.2) is 5.16 Å². The number of fused-ring (bicyclic) bond motifs is 1. The van der Waals surface area contributed by atoms with Gasteiger partial charge in [-0.15, -0.1) is 0 Å². The van der Waals surface area contributed by atoms with Crippen LogP contribution in [0.15, 0.2) is 28.2 Å². The zero-order valence-electron chi connectivity index (χ0n) is 13.7. The zero-order valence-corrected chi connectivity index (χ0v) is 15.2. The molecule has 6 nitrogen and oxygen atoms in total. The summed E-state index contributed by atoms with van der Waals surface area (Å²) in [5.74, 6) is 0.0619. The van der Waals surface area contributed by atoms with Crippen molar-refractivity contribution in [3.8, 4) is 0 Å². The molecule has 0 aliphatic rings. The molecular formula is C16H20ClN3O3S. The molecule has 2 aromatic rings. The van der Waals surface area contributed by atoms with E-state index in [0.717, 1.165) is 6.42 Å². The van der Waals surface area contributed by atoms with E-state index < -0.39 is 0 Å². The summed E-state index contributed by atoms with van der Waals surface area (Å²) in [4.78, 5) is 29.0. The molecule has 0 fully saturated rings. The Morgan fingerprint density at radius 3 is 2.96 bits per heavy atom. The number of aromatic nitrogens is 2. The molecule has 1 aromatic carbocycles. The molecule has 0 aliphatic carbocycles. The molecule has 0 saturated heterocycles. The maximum absolute atomic E-state index is 12.7. The third-order valence-corrected chi connectivity index (χ3v) is 4.50.